The molecule has 0 bridgehead atoms. The molecule has 4 aromatic rings. The Bertz CT molecular complexity index is 1600. The molecule has 1 aromatic heterocycles. The van der Waals surface area contributed by atoms with Crippen molar-refractivity contribution in [1.29, 1.82) is 0 Å². The number of carbonyl (C=O) groups is 1. The molecule has 1 heterocycles. The molecule has 0 spiro atoms. The molecule has 4 rings (SSSR count). The van der Waals surface area contributed by atoms with Gasteiger partial charge in [-0.25, -0.2) is 13.8 Å². The van der Waals surface area contributed by atoms with Gasteiger partial charge in [-0.1, -0.05) is 53.0 Å². The van der Waals surface area contributed by atoms with Crippen LogP contribution in [0.15, 0.2) is 88.9 Å². The number of aromatic nitrogens is 1. The summed E-state index contributed by atoms with van der Waals surface area (Å²) in [5.41, 5.74) is 6.04. The van der Waals surface area contributed by atoms with Crippen LogP contribution in [0.25, 0.3) is 5.69 Å². The van der Waals surface area contributed by atoms with Crippen LogP contribution in [0.5, 0.6) is 0 Å². The van der Waals surface area contributed by atoms with Gasteiger partial charge in [0.1, 0.15) is 6.54 Å². The third kappa shape index (κ3) is 6.05. The number of halogens is 3. The van der Waals surface area contributed by atoms with Gasteiger partial charge in [-0.2, -0.15) is 5.10 Å². The van der Waals surface area contributed by atoms with Crippen molar-refractivity contribution in [2.45, 2.75) is 18.7 Å². The lowest BCUT2D eigenvalue weighted by Crippen LogP contribution is -2.39. The number of benzene rings is 3. The summed E-state index contributed by atoms with van der Waals surface area (Å²) in [4.78, 5) is 12.8. The van der Waals surface area contributed by atoms with E-state index < -0.39 is 22.5 Å². The minimum atomic E-state index is -4.05. The number of nitrogens with one attached hydrogen (secondary N) is 1. The highest BCUT2D eigenvalue weighted by Gasteiger charge is 2.27. The molecular formula is C27H23Cl3N4O3S. The Morgan fingerprint density at radius 2 is 1.61 bits per heavy atom. The molecule has 0 saturated heterocycles. The first-order valence-corrected chi connectivity index (χ1v) is 13.9. The van der Waals surface area contributed by atoms with Crippen molar-refractivity contribution in [3.05, 3.63) is 111 Å². The van der Waals surface area contributed by atoms with Crippen molar-refractivity contribution in [3.63, 3.8) is 0 Å². The standard InChI is InChI=1S/C27H23Cl3N4O3S/c1-18-14-20(19(2)34(18)26-13-10-22(29)15-25(26)30)16-31-32-27(35)17-33(23-6-4-3-5-7-23)38(36,37)24-11-8-21(28)9-12-24/h3-16H,17H2,1-2H3,(H,32,35)/b31-16-. The zero-order valence-electron chi connectivity index (χ0n) is 20.4. The van der Waals surface area contributed by atoms with Crippen molar-refractivity contribution < 1.29 is 13.2 Å². The topological polar surface area (TPSA) is 83.8 Å². The van der Waals surface area contributed by atoms with E-state index in [0.29, 0.717) is 20.8 Å². The highest BCUT2D eigenvalue weighted by molar-refractivity contribution is 7.92. The summed E-state index contributed by atoms with van der Waals surface area (Å²) in [7, 11) is -4.05. The Morgan fingerprint density at radius 1 is 0.947 bits per heavy atom. The normalized spacial score (nSPS) is 11.6. The predicted molar refractivity (Wildman–Crippen MR) is 153 cm³/mol. The average molecular weight is 590 g/mol. The van der Waals surface area contributed by atoms with Crippen LogP contribution < -0.4 is 9.73 Å². The van der Waals surface area contributed by atoms with E-state index in [2.05, 4.69) is 10.5 Å². The number of hydrogen-bond acceptors (Lipinski definition) is 4. The Morgan fingerprint density at radius 3 is 2.26 bits per heavy atom. The molecule has 0 aliphatic heterocycles. The van der Waals surface area contributed by atoms with E-state index in [9.17, 15) is 13.2 Å². The molecule has 0 saturated carbocycles. The number of nitrogens with zero attached hydrogens (tertiary/aromatic N) is 3. The second kappa shape index (κ2) is 11.6. The number of aryl methyl sites for hydroxylation is 1. The summed E-state index contributed by atoms with van der Waals surface area (Å²) < 4.78 is 29.8. The van der Waals surface area contributed by atoms with E-state index in [0.717, 1.165) is 26.9 Å². The first kappa shape index (κ1) is 27.7. The molecular weight excluding hydrogens is 567 g/mol. The van der Waals surface area contributed by atoms with Crippen LogP contribution in [0.3, 0.4) is 0 Å². The number of hydrogen-bond donors (Lipinski definition) is 1. The molecule has 0 radical (unpaired) electrons. The Balaban J connectivity index is 1.54. The number of sulfonamides is 1. The van der Waals surface area contributed by atoms with E-state index in [-0.39, 0.29) is 4.90 Å². The van der Waals surface area contributed by atoms with Gasteiger partial charge in [0, 0.05) is 27.0 Å². The third-order valence-electron chi connectivity index (χ3n) is 5.75. The van der Waals surface area contributed by atoms with E-state index in [1.165, 1.54) is 30.5 Å². The quantitative estimate of drug-likeness (QED) is 0.191. The fourth-order valence-corrected chi connectivity index (χ4v) is 5.97. The average Bonchev–Trinajstić information content (AvgIpc) is 3.16. The molecule has 7 nitrogen and oxygen atoms in total. The minimum Gasteiger partial charge on any atom is -0.316 e. The van der Waals surface area contributed by atoms with Crippen molar-refractivity contribution in [2.75, 3.05) is 10.8 Å². The smallest absolute Gasteiger partial charge is 0.264 e. The van der Waals surface area contributed by atoms with Gasteiger partial charge in [0.15, 0.2) is 0 Å². The van der Waals surface area contributed by atoms with E-state index in [1.807, 2.05) is 30.5 Å². The summed E-state index contributed by atoms with van der Waals surface area (Å²) in [6.45, 7) is 3.34. The predicted octanol–water partition coefficient (Wildman–Crippen LogP) is 6.40. The second-order valence-corrected chi connectivity index (χ2v) is 11.5. The summed E-state index contributed by atoms with van der Waals surface area (Å²) >= 11 is 18.3. The van der Waals surface area contributed by atoms with Gasteiger partial charge in [-0.3, -0.25) is 9.10 Å². The Hall–Kier alpha value is -3.30. The van der Waals surface area contributed by atoms with E-state index in [4.69, 9.17) is 34.8 Å². The Labute approximate surface area is 236 Å². The number of carbonyl (C=O) groups excluding carboxylic acids is 1. The van der Waals surface area contributed by atoms with Gasteiger partial charge in [0.05, 0.1) is 27.5 Å². The number of para-hydroxylation sites is 1. The van der Waals surface area contributed by atoms with Gasteiger partial charge in [0.2, 0.25) is 0 Å². The Kier molecular flexibility index (Phi) is 8.47. The fraction of sp³-hybridized carbons (Fsp3) is 0.111. The first-order chi connectivity index (χ1) is 18.1. The molecule has 0 aliphatic carbocycles. The zero-order chi connectivity index (χ0) is 27.4. The molecule has 196 valence electrons. The van der Waals surface area contributed by atoms with Crippen molar-refractivity contribution in [3.8, 4) is 5.69 Å². The van der Waals surface area contributed by atoms with E-state index >= 15 is 0 Å². The number of rotatable bonds is 8. The molecule has 3 aromatic carbocycles. The van der Waals surface area contributed by atoms with Gasteiger partial charge in [-0.15, -0.1) is 0 Å². The van der Waals surface area contributed by atoms with Crippen LogP contribution in [-0.2, 0) is 14.8 Å². The second-order valence-electron chi connectivity index (χ2n) is 8.35. The first-order valence-electron chi connectivity index (χ1n) is 11.4. The van der Waals surface area contributed by atoms with Crippen LogP contribution in [0.4, 0.5) is 5.69 Å². The largest absolute Gasteiger partial charge is 0.316 e. The minimum absolute atomic E-state index is 0.00959. The van der Waals surface area contributed by atoms with Crippen molar-refractivity contribution in [2.24, 2.45) is 5.10 Å². The third-order valence-corrected chi connectivity index (χ3v) is 8.32. The molecule has 11 heteroatoms. The zero-order valence-corrected chi connectivity index (χ0v) is 23.5. The van der Waals surface area contributed by atoms with Gasteiger partial charge in [-0.05, 0) is 74.5 Å². The van der Waals surface area contributed by atoms with Crippen LogP contribution in [0, 0.1) is 13.8 Å². The molecule has 0 unspecified atom stereocenters. The molecule has 0 fully saturated rings. The molecule has 1 N–H and O–H groups in total. The van der Waals surface area contributed by atoms with E-state index in [1.54, 1.807) is 42.5 Å². The molecule has 0 atom stereocenters. The lowest BCUT2D eigenvalue weighted by Gasteiger charge is -2.23. The monoisotopic (exact) mass is 588 g/mol. The number of amides is 1. The van der Waals surface area contributed by atoms with Crippen molar-refractivity contribution >= 4 is 62.6 Å². The lowest BCUT2D eigenvalue weighted by atomic mass is 10.2. The van der Waals surface area contributed by atoms with Gasteiger partial charge >= 0.3 is 0 Å². The highest BCUT2D eigenvalue weighted by atomic mass is 35.5. The van der Waals surface area contributed by atoms with Crippen LogP contribution in [0.2, 0.25) is 15.1 Å². The molecule has 0 aliphatic rings. The SMILES string of the molecule is Cc1cc(/C=N\NC(=O)CN(c2ccccc2)S(=O)(=O)c2ccc(Cl)cc2)c(C)n1-c1ccc(Cl)cc1Cl. The fourth-order valence-electron chi connectivity index (χ4n) is 3.93. The maximum absolute atomic E-state index is 13.4. The summed E-state index contributed by atoms with van der Waals surface area (Å²) in [6, 6.07) is 21.3. The molecule has 38 heavy (non-hydrogen) atoms. The molecule has 1 amide bonds. The van der Waals surface area contributed by atoms with Crippen LogP contribution in [-0.4, -0.2) is 31.7 Å². The summed E-state index contributed by atoms with van der Waals surface area (Å²) in [5, 5.41) is 5.51. The summed E-state index contributed by atoms with van der Waals surface area (Å²) in [6.07, 6.45) is 1.50. The number of anilines is 1. The van der Waals surface area contributed by atoms with Gasteiger partial charge < -0.3 is 4.57 Å². The maximum atomic E-state index is 13.4. The number of hydrazone groups is 1. The van der Waals surface area contributed by atoms with Crippen LogP contribution >= 0.6 is 34.8 Å². The maximum Gasteiger partial charge on any atom is 0.264 e. The summed E-state index contributed by atoms with van der Waals surface area (Å²) in [5.74, 6) is -0.614. The van der Waals surface area contributed by atoms with Crippen molar-refractivity contribution in [1.82, 2.24) is 9.99 Å². The van der Waals surface area contributed by atoms with Crippen LogP contribution in [0.1, 0.15) is 17.0 Å². The lowest BCUT2D eigenvalue weighted by molar-refractivity contribution is -0.119. The van der Waals surface area contributed by atoms with Gasteiger partial charge in [0.25, 0.3) is 15.9 Å². The highest BCUT2D eigenvalue weighted by Crippen LogP contribution is 2.28.